The molecule has 16 heavy (non-hydrogen) atoms. The molecule has 1 rings (SSSR count). The average Bonchev–Trinajstić information content (AvgIpc) is 2.31. The molecule has 0 saturated carbocycles. The summed E-state index contributed by atoms with van der Waals surface area (Å²) in [4.78, 5) is 4.85. The molecule has 1 atom stereocenters. The highest BCUT2D eigenvalue weighted by Crippen LogP contribution is 2.26. The van der Waals surface area contributed by atoms with Crippen molar-refractivity contribution in [2.45, 2.75) is 38.3 Å². The Bertz CT molecular complexity index is 228. The third-order valence-corrected chi connectivity index (χ3v) is 3.63. The van der Waals surface area contributed by atoms with Crippen molar-refractivity contribution >= 4 is 0 Å². The summed E-state index contributed by atoms with van der Waals surface area (Å²) in [5.74, 6) is 0. The molecule has 0 aromatic rings. The van der Waals surface area contributed by atoms with E-state index in [2.05, 4.69) is 37.3 Å². The molecule has 3 nitrogen and oxygen atoms in total. The van der Waals surface area contributed by atoms with Gasteiger partial charge in [-0.05, 0) is 40.3 Å². The van der Waals surface area contributed by atoms with E-state index >= 15 is 0 Å². The Morgan fingerprint density at radius 3 is 2.75 bits per heavy atom. The molecule has 1 fully saturated rings. The van der Waals surface area contributed by atoms with Crippen molar-refractivity contribution in [3.8, 4) is 0 Å². The van der Waals surface area contributed by atoms with Crippen molar-refractivity contribution in [2.24, 2.45) is 0 Å². The highest BCUT2D eigenvalue weighted by Gasteiger charge is 2.34. The Kier molecular flexibility index (Phi) is 4.96. The summed E-state index contributed by atoms with van der Waals surface area (Å²) in [6.07, 6.45) is 3.98. The second-order valence-corrected chi connectivity index (χ2v) is 5.43. The van der Waals surface area contributed by atoms with Crippen LogP contribution < -0.4 is 0 Å². The first-order chi connectivity index (χ1) is 7.51. The minimum atomic E-state index is 0.193. The van der Waals surface area contributed by atoms with Crippen LogP contribution in [0.3, 0.4) is 0 Å². The molecule has 1 unspecified atom stereocenters. The first-order valence-electron chi connectivity index (χ1n) is 6.18. The van der Waals surface area contributed by atoms with Crippen LogP contribution in [-0.4, -0.2) is 59.8 Å². The van der Waals surface area contributed by atoms with Crippen molar-refractivity contribution in [2.75, 3.05) is 33.3 Å². The maximum absolute atomic E-state index is 9.18. The lowest BCUT2D eigenvalue weighted by Crippen LogP contribution is -2.50. The Morgan fingerprint density at radius 2 is 2.19 bits per heavy atom. The number of aliphatic hydroxyl groups is 1. The number of rotatable bonds is 4. The SMILES string of the molecule is C=CCN1C(CCO)CN(C)CCC1(C)C. The lowest BCUT2D eigenvalue weighted by Gasteiger charge is -2.41. The third-order valence-electron chi connectivity index (χ3n) is 3.63. The van der Waals surface area contributed by atoms with E-state index in [1.807, 2.05) is 6.08 Å². The highest BCUT2D eigenvalue weighted by molar-refractivity contribution is 4.94. The molecule has 1 saturated heterocycles. The van der Waals surface area contributed by atoms with Gasteiger partial charge in [-0.2, -0.15) is 0 Å². The van der Waals surface area contributed by atoms with Gasteiger partial charge in [-0.15, -0.1) is 6.58 Å². The van der Waals surface area contributed by atoms with Crippen LogP contribution in [0.5, 0.6) is 0 Å². The second kappa shape index (κ2) is 5.80. The van der Waals surface area contributed by atoms with Crippen molar-refractivity contribution < 1.29 is 5.11 Å². The number of hydrogen-bond acceptors (Lipinski definition) is 3. The van der Waals surface area contributed by atoms with E-state index in [9.17, 15) is 5.11 Å². The second-order valence-electron chi connectivity index (χ2n) is 5.43. The van der Waals surface area contributed by atoms with Crippen LogP contribution in [0.15, 0.2) is 12.7 Å². The third kappa shape index (κ3) is 3.30. The maximum Gasteiger partial charge on any atom is 0.0446 e. The minimum absolute atomic E-state index is 0.193. The average molecular weight is 226 g/mol. The summed E-state index contributed by atoms with van der Waals surface area (Å²) in [5.41, 5.74) is 0.193. The molecule has 0 amide bonds. The Hall–Kier alpha value is -0.380. The van der Waals surface area contributed by atoms with Crippen molar-refractivity contribution in [3.63, 3.8) is 0 Å². The monoisotopic (exact) mass is 226 g/mol. The summed E-state index contributed by atoms with van der Waals surface area (Å²) in [6.45, 7) is 11.8. The zero-order valence-electron chi connectivity index (χ0n) is 10.9. The van der Waals surface area contributed by atoms with Crippen molar-refractivity contribution in [3.05, 3.63) is 12.7 Å². The van der Waals surface area contributed by atoms with E-state index in [0.717, 1.165) is 26.1 Å². The molecule has 0 bridgehead atoms. The van der Waals surface area contributed by atoms with Crippen molar-refractivity contribution in [1.82, 2.24) is 9.80 Å². The predicted octanol–water partition coefficient (Wildman–Crippen LogP) is 1.34. The van der Waals surface area contributed by atoms with E-state index in [0.29, 0.717) is 6.04 Å². The van der Waals surface area contributed by atoms with Gasteiger partial charge in [-0.25, -0.2) is 0 Å². The Labute approximate surface area is 99.7 Å². The quantitative estimate of drug-likeness (QED) is 0.733. The van der Waals surface area contributed by atoms with Crippen LogP contribution in [0.25, 0.3) is 0 Å². The normalized spacial score (nSPS) is 27.6. The van der Waals surface area contributed by atoms with E-state index in [4.69, 9.17) is 0 Å². The molecular weight excluding hydrogens is 200 g/mol. The summed E-state index contributed by atoms with van der Waals surface area (Å²) >= 11 is 0. The van der Waals surface area contributed by atoms with E-state index < -0.39 is 0 Å². The molecule has 0 aliphatic carbocycles. The number of nitrogens with zero attached hydrogens (tertiary/aromatic N) is 2. The molecule has 0 aromatic heterocycles. The van der Waals surface area contributed by atoms with Crippen LogP contribution in [0.2, 0.25) is 0 Å². The molecular formula is C13H26N2O. The van der Waals surface area contributed by atoms with Gasteiger partial charge in [0.25, 0.3) is 0 Å². The van der Waals surface area contributed by atoms with Crippen LogP contribution in [0.1, 0.15) is 26.7 Å². The fraction of sp³-hybridized carbons (Fsp3) is 0.846. The first-order valence-corrected chi connectivity index (χ1v) is 6.18. The topological polar surface area (TPSA) is 26.7 Å². The lowest BCUT2D eigenvalue weighted by atomic mass is 9.96. The van der Waals surface area contributed by atoms with Crippen LogP contribution in [0.4, 0.5) is 0 Å². The summed E-state index contributed by atoms with van der Waals surface area (Å²) in [7, 11) is 2.16. The summed E-state index contributed by atoms with van der Waals surface area (Å²) in [6, 6.07) is 0.436. The number of aliphatic hydroxyl groups excluding tert-OH is 1. The van der Waals surface area contributed by atoms with Gasteiger partial charge in [0.15, 0.2) is 0 Å². The summed E-state index contributed by atoms with van der Waals surface area (Å²) < 4.78 is 0. The number of likely N-dealkylation sites (N-methyl/N-ethyl adjacent to an activating group) is 1. The highest BCUT2D eigenvalue weighted by atomic mass is 16.3. The van der Waals surface area contributed by atoms with Gasteiger partial charge in [0.05, 0.1) is 0 Å². The number of hydrogen-bond donors (Lipinski definition) is 1. The molecule has 3 heteroatoms. The van der Waals surface area contributed by atoms with Gasteiger partial charge >= 0.3 is 0 Å². The standard InChI is InChI=1S/C13H26N2O/c1-5-8-15-12(6-10-16)11-14(4)9-7-13(15,2)3/h5,12,16H,1,6-11H2,2-4H3. The van der Waals surface area contributed by atoms with Gasteiger partial charge in [0.1, 0.15) is 0 Å². The largest absolute Gasteiger partial charge is 0.396 e. The smallest absolute Gasteiger partial charge is 0.0446 e. The zero-order chi connectivity index (χ0) is 12.2. The summed E-state index contributed by atoms with van der Waals surface area (Å²) in [5, 5.41) is 9.18. The molecule has 0 spiro atoms. The van der Waals surface area contributed by atoms with Gasteiger partial charge < -0.3 is 10.0 Å². The van der Waals surface area contributed by atoms with Crippen molar-refractivity contribution in [1.29, 1.82) is 0 Å². The fourth-order valence-corrected chi connectivity index (χ4v) is 2.58. The van der Waals surface area contributed by atoms with Gasteiger partial charge in [0.2, 0.25) is 0 Å². The molecule has 1 aliphatic rings. The Balaban J connectivity index is 2.84. The predicted molar refractivity (Wildman–Crippen MR) is 68.6 cm³/mol. The fourth-order valence-electron chi connectivity index (χ4n) is 2.58. The molecule has 94 valence electrons. The van der Waals surface area contributed by atoms with Crippen LogP contribution in [-0.2, 0) is 0 Å². The van der Waals surface area contributed by atoms with Gasteiger partial charge in [0, 0.05) is 31.3 Å². The minimum Gasteiger partial charge on any atom is -0.396 e. The van der Waals surface area contributed by atoms with E-state index in [1.165, 1.54) is 6.42 Å². The van der Waals surface area contributed by atoms with E-state index in [-0.39, 0.29) is 12.1 Å². The molecule has 0 aromatic carbocycles. The molecule has 1 aliphatic heterocycles. The Morgan fingerprint density at radius 1 is 1.50 bits per heavy atom. The van der Waals surface area contributed by atoms with Crippen LogP contribution in [0, 0.1) is 0 Å². The van der Waals surface area contributed by atoms with Crippen LogP contribution >= 0.6 is 0 Å². The maximum atomic E-state index is 9.18. The van der Waals surface area contributed by atoms with Gasteiger partial charge in [-0.1, -0.05) is 6.08 Å². The molecule has 1 heterocycles. The van der Waals surface area contributed by atoms with Gasteiger partial charge in [-0.3, -0.25) is 4.90 Å². The molecule has 0 radical (unpaired) electrons. The molecule has 1 N–H and O–H groups in total. The zero-order valence-corrected chi connectivity index (χ0v) is 10.9. The first kappa shape index (κ1) is 13.7. The lowest BCUT2D eigenvalue weighted by molar-refractivity contribution is 0.0735. The van der Waals surface area contributed by atoms with E-state index in [1.54, 1.807) is 0 Å².